The Morgan fingerprint density at radius 1 is 1.75 bits per heavy atom. The predicted molar refractivity (Wildman–Crippen MR) is 31.3 cm³/mol. The van der Waals surface area contributed by atoms with Crippen LogP contribution in [0.2, 0.25) is 0 Å². The first-order valence-corrected chi connectivity index (χ1v) is 2.97. The zero-order valence-corrected chi connectivity index (χ0v) is 5.27. The number of amides is 1. The van der Waals surface area contributed by atoms with Crippen molar-refractivity contribution in [2.24, 2.45) is 11.8 Å². The second-order valence-electron chi connectivity index (χ2n) is 2.43. The van der Waals surface area contributed by atoms with Crippen LogP contribution in [0.4, 0.5) is 0 Å². The van der Waals surface area contributed by atoms with Crippen LogP contribution in [0.1, 0.15) is 13.3 Å². The van der Waals surface area contributed by atoms with Crippen LogP contribution < -0.4 is 5.32 Å². The molecule has 0 aromatic heterocycles. The van der Waals surface area contributed by atoms with Gasteiger partial charge < -0.3 is 5.32 Å². The summed E-state index contributed by atoms with van der Waals surface area (Å²) in [5, 5.41) is 2.62. The second-order valence-corrected chi connectivity index (χ2v) is 2.43. The summed E-state index contributed by atoms with van der Waals surface area (Å²) >= 11 is 0. The average Bonchev–Trinajstić information content (AvgIpc) is 2.45. The Morgan fingerprint density at radius 3 is 2.38 bits per heavy atom. The minimum atomic E-state index is 0.206. The molecule has 8 heavy (non-hydrogen) atoms. The lowest BCUT2D eigenvalue weighted by molar-refractivity contribution is -0.122. The summed E-state index contributed by atoms with van der Waals surface area (Å²) in [4.78, 5) is 10.7. The van der Waals surface area contributed by atoms with Gasteiger partial charge in [0.1, 0.15) is 0 Å². The molecule has 0 radical (unpaired) electrons. The van der Waals surface area contributed by atoms with E-state index in [1.807, 2.05) is 0 Å². The predicted octanol–water partition coefficient (Wildman–Crippen LogP) is 0.388. The molecular weight excluding hydrogens is 102 g/mol. The van der Waals surface area contributed by atoms with Gasteiger partial charge in [-0.1, -0.05) is 6.92 Å². The standard InChI is InChI=1S/C6H11NO/c1-4-3-5(4)6(8)7-2/h4-5H,3H2,1-2H3,(H,7,8)/t4-,5?/m1/s1. The van der Waals surface area contributed by atoms with Crippen molar-refractivity contribution in [2.75, 3.05) is 7.05 Å². The average molecular weight is 113 g/mol. The largest absolute Gasteiger partial charge is 0.359 e. The molecule has 1 aliphatic carbocycles. The van der Waals surface area contributed by atoms with Gasteiger partial charge in [-0.15, -0.1) is 0 Å². The van der Waals surface area contributed by atoms with E-state index in [9.17, 15) is 4.79 Å². The molecule has 0 spiro atoms. The van der Waals surface area contributed by atoms with Gasteiger partial charge >= 0.3 is 0 Å². The molecular formula is C6H11NO. The number of hydrogen-bond acceptors (Lipinski definition) is 1. The maximum absolute atomic E-state index is 10.7. The number of hydrogen-bond donors (Lipinski definition) is 1. The molecule has 2 nitrogen and oxygen atoms in total. The van der Waals surface area contributed by atoms with E-state index in [0.29, 0.717) is 11.8 Å². The summed E-state index contributed by atoms with van der Waals surface area (Å²) in [5.74, 6) is 1.17. The van der Waals surface area contributed by atoms with Crippen LogP contribution in [-0.2, 0) is 4.79 Å². The van der Waals surface area contributed by atoms with Crippen molar-refractivity contribution >= 4 is 5.91 Å². The summed E-state index contributed by atoms with van der Waals surface area (Å²) in [7, 11) is 1.69. The summed E-state index contributed by atoms with van der Waals surface area (Å²) in [6, 6.07) is 0. The van der Waals surface area contributed by atoms with Crippen LogP contribution in [0.25, 0.3) is 0 Å². The Morgan fingerprint density at radius 2 is 2.25 bits per heavy atom. The highest BCUT2D eigenvalue weighted by atomic mass is 16.1. The van der Waals surface area contributed by atoms with E-state index >= 15 is 0 Å². The molecule has 1 fully saturated rings. The van der Waals surface area contributed by atoms with E-state index in [1.54, 1.807) is 7.05 Å². The summed E-state index contributed by atoms with van der Waals surface area (Å²) < 4.78 is 0. The summed E-state index contributed by atoms with van der Waals surface area (Å²) in [5.41, 5.74) is 0. The van der Waals surface area contributed by atoms with Crippen molar-refractivity contribution in [2.45, 2.75) is 13.3 Å². The summed E-state index contributed by atoms with van der Waals surface area (Å²) in [6.07, 6.45) is 1.08. The van der Waals surface area contributed by atoms with Gasteiger partial charge in [-0.3, -0.25) is 4.79 Å². The zero-order chi connectivity index (χ0) is 6.15. The highest BCUT2D eigenvalue weighted by molar-refractivity contribution is 5.81. The third-order valence-electron chi connectivity index (χ3n) is 1.69. The number of carbonyl (C=O) groups is 1. The highest BCUT2D eigenvalue weighted by Gasteiger charge is 2.38. The molecule has 0 aromatic rings. The molecule has 1 aliphatic rings. The molecule has 0 bridgehead atoms. The van der Waals surface area contributed by atoms with Crippen molar-refractivity contribution in [1.29, 1.82) is 0 Å². The zero-order valence-electron chi connectivity index (χ0n) is 5.27. The number of carbonyl (C=O) groups excluding carboxylic acids is 1. The van der Waals surface area contributed by atoms with E-state index in [4.69, 9.17) is 0 Å². The lowest BCUT2D eigenvalue weighted by atomic mass is 10.3. The third-order valence-corrected chi connectivity index (χ3v) is 1.69. The smallest absolute Gasteiger partial charge is 0.223 e. The Labute approximate surface area is 49.3 Å². The molecule has 0 aromatic carbocycles. The number of rotatable bonds is 1. The van der Waals surface area contributed by atoms with Gasteiger partial charge in [-0.05, 0) is 12.3 Å². The van der Waals surface area contributed by atoms with Crippen molar-refractivity contribution in [1.82, 2.24) is 5.32 Å². The van der Waals surface area contributed by atoms with Crippen molar-refractivity contribution in [3.8, 4) is 0 Å². The lowest BCUT2D eigenvalue weighted by Crippen LogP contribution is -2.19. The Bertz CT molecular complexity index is 111. The lowest BCUT2D eigenvalue weighted by Gasteiger charge is -1.91. The van der Waals surface area contributed by atoms with Gasteiger partial charge in [0.25, 0.3) is 0 Å². The summed E-state index contributed by atoms with van der Waals surface area (Å²) in [6.45, 7) is 2.10. The van der Waals surface area contributed by atoms with Crippen LogP contribution in [0, 0.1) is 11.8 Å². The molecule has 1 amide bonds. The SMILES string of the molecule is CNC(=O)C1C[C@H]1C. The fourth-order valence-corrected chi connectivity index (χ4v) is 0.873. The Kier molecular flexibility index (Phi) is 1.24. The first kappa shape index (κ1) is 5.60. The molecule has 2 atom stereocenters. The highest BCUT2D eigenvalue weighted by Crippen LogP contribution is 2.37. The van der Waals surface area contributed by atoms with E-state index in [2.05, 4.69) is 12.2 Å². The molecule has 2 heteroatoms. The number of nitrogens with one attached hydrogen (secondary N) is 1. The van der Waals surface area contributed by atoms with Crippen LogP contribution in [0.15, 0.2) is 0 Å². The molecule has 46 valence electrons. The van der Waals surface area contributed by atoms with Crippen LogP contribution in [0.5, 0.6) is 0 Å². The first-order chi connectivity index (χ1) is 3.75. The van der Waals surface area contributed by atoms with Crippen LogP contribution >= 0.6 is 0 Å². The van der Waals surface area contributed by atoms with E-state index < -0.39 is 0 Å². The van der Waals surface area contributed by atoms with Gasteiger partial charge in [0.15, 0.2) is 0 Å². The quantitative estimate of drug-likeness (QED) is 0.523. The van der Waals surface area contributed by atoms with Crippen LogP contribution in [0.3, 0.4) is 0 Å². The molecule has 0 saturated heterocycles. The Balaban J connectivity index is 2.28. The first-order valence-electron chi connectivity index (χ1n) is 2.97. The van der Waals surface area contributed by atoms with Crippen LogP contribution in [-0.4, -0.2) is 13.0 Å². The second kappa shape index (κ2) is 1.77. The molecule has 1 rings (SSSR count). The van der Waals surface area contributed by atoms with Gasteiger partial charge in [-0.25, -0.2) is 0 Å². The van der Waals surface area contributed by atoms with Crippen molar-refractivity contribution in [3.63, 3.8) is 0 Å². The minimum Gasteiger partial charge on any atom is -0.359 e. The minimum absolute atomic E-state index is 0.206. The fraction of sp³-hybridized carbons (Fsp3) is 0.833. The molecule has 0 heterocycles. The van der Waals surface area contributed by atoms with Gasteiger partial charge in [-0.2, -0.15) is 0 Å². The van der Waals surface area contributed by atoms with Crippen molar-refractivity contribution < 1.29 is 4.79 Å². The van der Waals surface area contributed by atoms with Gasteiger partial charge in [0.2, 0.25) is 5.91 Å². The maximum Gasteiger partial charge on any atom is 0.223 e. The van der Waals surface area contributed by atoms with Crippen molar-refractivity contribution in [3.05, 3.63) is 0 Å². The Hall–Kier alpha value is -0.530. The molecule has 0 aliphatic heterocycles. The van der Waals surface area contributed by atoms with Gasteiger partial charge in [0, 0.05) is 13.0 Å². The van der Waals surface area contributed by atoms with E-state index in [-0.39, 0.29) is 5.91 Å². The van der Waals surface area contributed by atoms with E-state index in [1.165, 1.54) is 0 Å². The normalized spacial score (nSPS) is 34.2. The third kappa shape index (κ3) is 0.831. The molecule has 1 N–H and O–H groups in total. The maximum atomic E-state index is 10.7. The molecule has 1 unspecified atom stereocenters. The monoisotopic (exact) mass is 113 g/mol. The van der Waals surface area contributed by atoms with Gasteiger partial charge in [0.05, 0.1) is 0 Å². The topological polar surface area (TPSA) is 29.1 Å². The molecule has 1 saturated carbocycles. The van der Waals surface area contributed by atoms with E-state index in [0.717, 1.165) is 6.42 Å². The fourth-order valence-electron chi connectivity index (χ4n) is 0.873.